The number of halogens is 2. The highest BCUT2D eigenvalue weighted by Gasteiger charge is 2.20. The highest BCUT2D eigenvalue weighted by Crippen LogP contribution is 2.30. The summed E-state index contributed by atoms with van der Waals surface area (Å²) in [7, 11) is 1.17. The first-order chi connectivity index (χ1) is 7.97. The summed E-state index contributed by atoms with van der Waals surface area (Å²) in [5, 5.41) is 9.09. The average Bonchev–Trinajstić information content (AvgIpc) is 2.62. The van der Waals surface area contributed by atoms with Crippen LogP contribution in [0.2, 0.25) is 0 Å². The molecular weight excluding hydrogens is 232 g/mol. The van der Waals surface area contributed by atoms with Crippen LogP contribution in [0.4, 0.5) is 13.6 Å². The molecule has 1 aromatic carbocycles. The zero-order valence-electron chi connectivity index (χ0n) is 9.12. The van der Waals surface area contributed by atoms with Crippen molar-refractivity contribution >= 4 is 17.0 Å². The minimum Gasteiger partial charge on any atom is -0.503 e. The normalized spacial score (nSPS) is 10.8. The average molecular weight is 241 g/mol. The van der Waals surface area contributed by atoms with Crippen LogP contribution in [0.5, 0.6) is 5.75 Å². The third-order valence-electron chi connectivity index (χ3n) is 2.51. The largest absolute Gasteiger partial charge is 0.503 e. The number of aromatic hydroxyl groups is 1. The van der Waals surface area contributed by atoms with Crippen molar-refractivity contribution in [2.45, 2.75) is 6.92 Å². The molecule has 2 rings (SSSR count). The molecule has 0 aliphatic heterocycles. The van der Waals surface area contributed by atoms with Gasteiger partial charge in [-0.05, 0) is 13.0 Å². The summed E-state index contributed by atoms with van der Waals surface area (Å²) in [6.07, 6.45) is -0.748. The molecule has 0 saturated heterocycles. The Balaban J connectivity index is 2.88. The second kappa shape index (κ2) is 3.73. The van der Waals surface area contributed by atoms with Gasteiger partial charge in [0.15, 0.2) is 17.4 Å². The number of carbonyl (C=O) groups excluding carboxylic acids is 1. The molecule has 0 fully saturated rings. The fourth-order valence-electron chi connectivity index (χ4n) is 1.73. The van der Waals surface area contributed by atoms with E-state index in [0.717, 1.165) is 10.6 Å². The summed E-state index contributed by atoms with van der Waals surface area (Å²) < 4.78 is 32.3. The lowest BCUT2D eigenvalue weighted by Gasteiger charge is -2.05. The van der Waals surface area contributed by atoms with E-state index in [0.29, 0.717) is 5.69 Å². The molecule has 0 aliphatic rings. The molecule has 6 heteroatoms. The van der Waals surface area contributed by atoms with Crippen LogP contribution in [0.15, 0.2) is 12.1 Å². The van der Waals surface area contributed by atoms with Crippen molar-refractivity contribution in [3.63, 3.8) is 0 Å². The van der Waals surface area contributed by atoms with Gasteiger partial charge in [-0.1, -0.05) is 0 Å². The molecule has 0 amide bonds. The van der Waals surface area contributed by atoms with Gasteiger partial charge in [0.25, 0.3) is 0 Å². The molecular formula is C11H9F2NO3. The topological polar surface area (TPSA) is 51.5 Å². The maximum Gasteiger partial charge on any atom is 0.418 e. The molecule has 17 heavy (non-hydrogen) atoms. The standard InChI is InChI=1S/C11H9F2NO3/c1-5-3-6-8(14(5)11(16)17-2)4-7(12)10(15)9(6)13/h3-4,15H,1-2H3. The maximum absolute atomic E-state index is 13.6. The van der Waals surface area contributed by atoms with Gasteiger partial charge in [0.05, 0.1) is 12.6 Å². The van der Waals surface area contributed by atoms with E-state index in [-0.39, 0.29) is 10.9 Å². The van der Waals surface area contributed by atoms with Gasteiger partial charge in [-0.15, -0.1) is 0 Å². The Kier molecular flexibility index (Phi) is 2.49. The Hall–Kier alpha value is -2.11. The molecule has 1 aromatic heterocycles. The third-order valence-corrected chi connectivity index (χ3v) is 2.51. The number of phenols is 1. The van der Waals surface area contributed by atoms with E-state index >= 15 is 0 Å². The highest BCUT2D eigenvalue weighted by molar-refractivity contribution is 5.92. The van der Waals surface area contributed by atoms with Gasteiger partial charge in [0, 0.05) is 17.1 Å². The number of methoxy groups -OCH3 is 1. The maximum atomic E-state index is 13.6. The van der Waals surface area contributed by atoms with Crippen LogP contribution in [0, 0.1) is 18.6 Å². The molecule has 90 valence electrons. The smallest absolute Gasteiger partial charge is 0.418 e. The SMILES string of the molecule is COC(=O)n1c(C)cc2c(F)c(O)c(F)cc21. The summed E-state index contributed by atoms with van der Waals surface area (Å²) in [6, 6.07) is 2.22. The zero-order chi connectivity index (χ0) is 12.7. The van der Waals surface area contributed by atoms with Gasteiger partial charge in [-0.3, -0.25) is 0 Å². The van der Waals surface area contributed by atoms with Crippen molar-refractivity contribution in [3.8, 4) is 5.75 Å². The number of hydrogen-bond donors (Lipinski definition) is 1. The molecule has 0 bridgehead atoms. The molecule has 0 spiro atoms. The molecule has 0 aliphatic carbocycles. The van der Waals surface area contributed by atoms with E-state index in [1.165, 1.54) is 13.2 Å². The number of aryl methyl sites for hydroxylation is 1. The Morgan fingerprint density at radius 1 is 1.41 bits per heavy atom. The van der Waals surface area contributed by atoms with Gasteiger partial charge in [0.2, 0.25) is 0 Å². The number of phenolic OH excluding ortho intramolecular Hbond substituents is 1. The van der Waals surface area contributed by atoms with Crippen molar-refractivity contribution < 1.29 is 23.4 Å². The molecule has 4 nitrogen and oxygen atoms in total. The second-order valence-electron chi connectivity index (χ2n) is 3.54. The van der Waals surface area contributed by atoms with Crippen molar-refractivity contribution in [2.24, 2.45) is 0 Å². The van der Waals surface area contributed by atoms with Crippen LogP contribution in [0.3, 0.4) is 0 Å². The van der Waals surface area contributed by atoms with Gasteiger partial charge in [-0.2, -0.15) is 0 Å². The van der Waals surface area contributed by atoms with E-state index in [2.05, 4.69) is 4.74 Å². The first kappa shape index (κ1) is 11.4. The minimum atomic E-state index is -1.13. The van der Waals surface area contributed by atoms with Crippen LogP contribution in [0.1, 0.15) is 5.69 Å². The van der Waals surface area contributed by atoms with Crippen LogP contribution in [-0.2, 0) is 4.74 Å². The summed E-state index contributed by atoms with van der Waals surface area (Å²) in [6.45, 7) is 1.55. The molecule has 0 radical (unpaired) electrons. The lowest BCUT2D eigenvalue weighted by Crippen LogP contribution is -2.12. The van der Waals surface area contributed by atoms with Crippen LogP contribution in [0.25, 0.3) is 10.9 Å². The number of hydrogen-bond acceptors (Lipinski definition) is 3. The second-order valence-corrected chi connectivity index (χ2v) is 3.54. The Morgan fingerprint density at radius 3 is 2.65 bits per heavy atom. The Bertz CT molecular complexity index is 619. The molecule has 0 unspecified atom stereocenters. The highest BCUT2D eigenvalue weighted by atomic mass is 19.1. The zero-order valence-corrected chi connectivity index (χ0v) is 9.12. The third kappa shape index (κ3) is 1.52. The number of benzene rings is 1. The van der Waals surface area contributed by atoms with E-state index in [1.54, 1.807) is 6.92 Å². The minimum absolute atomic E-state index is 0.0159. The predicted octanol–water partition coefficient (Wildman–Crippen LogP) is 2.55. The fourth-order valence-corrected chi connectivity index (χ4v) is 1.73. The quantitative estimate of drug-likeness (QED) is 0.771. The number of fused-ring (bicyclic) bond motifs is 1. The van der Waals surface area contributed by atoms with Crippen LogP contribution < -0.4 is 0 Å². The molecule has 1 N–H and O–H groups in total. The van der Waals surface area contributed by atoms with Gasteiger partial charge in [0.1, 0.15) is 0 Å². The molecule has 1 heterocycles. The van der Waals surface area contributed by atoms with E-state index < -0.39 is 23.5 Å². The van der Waals surface area contributed by atoms with Crippen molar-refractivity contribution in [1.82, 2.24) is 4.57 Å². The lowest BCUT2D eigenvalue weighted by atomic mass is 10.2. The van der Waals surface area contributed by atoms with Crippen molar-refractivity contribution in [2.75, 3.05) is 7.11 Å². The summed E-state index contributed by atoms with van der Waals surface area (Å²) in [5.41, 5.74) is 0.401. The molecule has 2 aromatic rings. The Labute approximate surface area is 95.0 Å². The number of carbonyl (C=O) groups is 1. The van der Waals surface area contributed by atoms with E-state index in [1.807, 2.05) is 0 Å². The summed E-state index contributed by atoms with van der Waals surface area (Å²) >= 11 is 0. The first-order valence-electron chi connectivity index (χ1n) is 4.74. The van der Waals surface area contributed by atoms with Crippen molar-refractivity contribution in [3.05, 3.63) is 29.5 Å². The summed E-state index contributed by atoms with van der Waals surface area (Å²) in [5.74, 6) is -3.27. The lowest BCUT2D eigenvalue weighted by molar-refractivity contribution is 0.173. The monoisotopic (exact) mass is 241 g/mol. The van der Waals surface area contributed by atoms with Gasteiger partial charge in [-0.25, -0.2) is 18.1 Å². The molecule has 0 saturated carbocycles. The summed E-state index contributed by atoms with van der Waals surface area (Å²) in [4.78, 5) is 11.5. The number of rotatable bonds is 0. The van der Waals surface area contributed by atoms with Gasteiger partial charge < -0.3 is 9.84 Å². The van der Waals surface area contributed by atoms with E-state index in [4.69, 9.17) is 5.11 Å². The number of ether oxygens (including phenoxy) is 1. The van der Waals surface area contributed by atoms with Crippen LogP contribution >= 0.6 is 0 Å². The first-order valence-corrected chi connectivity index (χ1v) is 4.74. The van der Waals surface area contributed by atoms with Gasteiger partial charge >= 0.3 is 6.09 Å². The van der Waals surface area contributed by atoms with E-state index in [9.17, 15) is 13.6 Å². The Morgan fingerprint density at radius 2 is 2.06 bits per heavy atom. The number of nitrogens with zero attached hydrogens (tertiary/aromatic N) is 1. The van der Waals surface area contributed by atoms with Crippen LogP contribution in [-0.4, -0.2) is 22.9 Å². The number of aromatic nitrogens is 1. The molecule has 0 atom stereocenters. The fraction of sp³-hybridized carbons (Fsp3) is 0.182. The predicted molar refractivity (Wildman–Crippen MR) is 56.1 cm³/mol. The van der Waals surface area contributed by atoms with Crippen molar-refractivity contribution in [1.29, 1.82) is 0 Å².